The molecule has 0 rings (SSSR count). The van der Waals surface area contributed by atoms with Crippen LogP contribution >= 0.6 is 94.3 Å². The van der Waals surface area contributed by atoms with E-state index in [1.807, 2.05) is 0 Å². The van der Waals surface area contributed by atoms with Crippen LogP contribution in [0.1, 0.15) is 0 Å². The van der Waals surface area contributed by atoms with Gasteiger partial charge in [0.05, 0.1) is 30.1 Å². The van der Waals surface area contributed by atoms with Crippen molar-refractivity contribution in [1.82, 2.24) is 10.0 Å². The molecule has 0 heterocycles. The summed E-state index contributed by atoms with van der Waals surface area (Å²) >= 11 is 12.0. The van der Waals surface area contributed by atoms with Crippen LogP contribution in [0.15, 0.2) is 9.98 Å². The highest BCUT2D eigenvalue weighted by Crippen LogP contribution is 2.13. The summed E-state index contributed by atoms with van der Waals surface area (Å²) in [5.74, 6) is 4.17. The lowest BCUT2D eigenvalue weighted by molar-refractivity contribution is -0.210. The SMILES string of the molecule is O=C(NCCSCSCCN=COOCCSCSCCOC(=O)NSCSCCN=COOCSCO)OCSCO. The van der Waals surface area contributed by atoms with Crippen LogP contribution in [0.25, 0.3) is 0 Å². The normalized spacial score (nSPS) is 11.2. The van der Waals surface area contributed by atoms with E-state index in [0.717, 1.165) is 44.9 Å². The molecule has 0 saturated carbocycles. The quantitative estimate of drug-likeness (QED) is 0.0147. The number of carbonyl (C=O) groups is 2. The number of hydrogen-bond donors (Lipinski definition) is 4. The monoisotopic (exact) mass is 764 g/mol. The van der Waals surface area contributed by atoms with E-state index in [4.69, 9.17) is 34.3 Å². The molecule has 0 aromatic carbocycles. The van der Waals surface area contributed by atoms with Gasteiger partial charge < -0.3 is 34.8 Å². The summed E-state index contributed by atoms with van der Waals surface area (Å²) in [6.07, 6.45) is 1.60. The zero-order valence-corrected chi connectivity index (χ0v) is 30.0. The van der Waals surface area contributed by atoms with E-state index in [1.165, 1.54) is 36.5 Å². The minimum absolute atomic E-state index is 0.0263. The van der Waals surface area contributed by atoms with E-state index in [9.17, 15) is 9.59 Å². The fourth-order valence-electron chi connectivity index (χ4n) is 1.88. The van der Waals surface area contributed by atoms with Crippen molar-refractivity contribution in [3.05, 3.63) is 0 Å². The smallest absolute Gasteiger partial charge is 0.417 e. The van der Waals surface area contributed by atoms with E-state index in [2.05, 4.69) is 24.9 Å². The first-order valence-electron chi connectivity index (χ1n) is 12.4. The lowest BCUT2D eigenvalue weighted by Crippen LogP contribution is -2.26. The number of aliphatic hydroxyl groups excluding tert-OH is 2. The first kappa shape index (κ1) is 43.1. The Morgan fingerprint density at radius 1 is 0.651 bits per heavy atom. The van der Waals surface area contributed by atoms with Crippen LogP contribution in [0.5, 0.6) is 0 Å². The van der Waals surface area contributed by atoms with E-state index in [-0.39, 0.29) is 23.8 Å². The zero-order valence-electron chi connectivity index (χ0n) is 23.5. The molecule has 0 aromatic rings. The number of thioether (sulfide) groups is 7. The van der Waals surface area contributed by atoms with Gasteiger partial charge in [-0.1, -0.05) is 11.8 Å². The van der Waals surface area contributed by atoms with Crippen LogP contribution in [0, 0.1) is 0 Å². The molecule has 4 N–H and O–H groups in total. The number of amides is 2. The fraction of sp³-hybridized carbons (Fsp3) is 0.810. The van der Waals surface area contributed by atoms with Gasteiger partial charge in [-0.25, -0.2) is 9.59 Å². The van der Waals surface area contributed by atoms with Gasteiger partial charge in [0, 0.05) is 45.5 Å². The third-order valence-electron chi connectivity index (χ3n) is 3.61. The van der Waals surface area contributed by atoms with Crippen LogP contribution in [-0.2, 0) is 29.0 Å². The molecule has 0 aliphatic rings. The minimum Gasteiger partial charge on any atom is -0.448 e. The molecule has 0 fully saturated rings. The summed E-state index contributed by atoms with van der Waals surface area (Å²) in [6, 6.07) is 0. The molecule has 0 aliphatic carbocycles. The van der Waals surface area contributed by atoms with E-state index in [1.54, 1.807) is 58.8 Å². The molecule has 0 radical (unpaired) electrons. The Kier molecular flexibility index (Phi) is 38.4. The summed E-state index contributed by atoms with van der Waals surface area (Å²) < 4.78 is 12.6. The van der Waals surface area contributed by atoms with Crippen molar-refractivity contribution in [3.8, 4) is 0 Å². The highest BCUT2D eigenvalue weighted by Gasteiger charge is 2.02. The Morgan fingerprint density at radius 2 is 1.26 bits per heavy atom. The average molecular weight is 765 g/mol. The van der Waals surface area contributed by atoms with Crippen molar-refractivity contribution < 1.29 is 48.8 Å². The van der Waals surface area contributed by atoms with Crippen molar-refractivity contribution in [2.75, 3.05) is 101 Å². The van der Waals surface area contributed by atoms with Gasteiger partial charge in [0.15, 0.2) is 0 Å². The van der Waals surface area contributed by atoms with Gasteiger partial charge in [-0.05, 0) is 11.9 Å². The number of carbonyl (C=O) groups excluding carboxylic acids is 2. The summed E-state index contributed by atoms with van der Waals surface area (Å²) in [5, 5.41) is 22.2. The average Bonchev–Trinajstić information content (AvgIpc) is 3.00. The van der Waals surface area contributed by atoms with Crippen LogP contribution < -0.4 is 10.0 Å². The van der Waals surface area contributed by atoms with Crippen molar-refractivity contribution in [2.24, 2.45) is 9.98 Å². The van der Waals surface area contributed by atoms with Gasteiger partial charge >= 0.3 is 12.2 Å². The summed E-state index contributed by atoms with van der Waals surface area (Å²) in [4.78, 5) is 50.4. The molecule has 43 heavy (non-hydrogen) atoms. The predicted octanol–water partition coefficient (Wildman–Crippen LogP) is 3.86. The van der Waals surface area contributed by atoms with Gasteiger partial charge in [0.1, 0.15) is 25.1 Å². The van der Waals surface area contributed by atoms with Gasteiger partial charge in [-0.15, -0.1) is 70.6 Å². The second-order valence-corrected chi connectivity index (χ2v) is 15.9. The second kappa shape index (κ2) is 38.3. The Balaban J connectivity index is 3.25. The number of nitrogens with one attached hydrogen (secondary N) is 2. The summed E-state index contributed by atoms with van der Waals surface area (Å²) in [7, 11) is 0. The maximum absolute atomic E-state index is 11.6. The van der Waals surface area contributed by atoms with E-state index >= 15 is 0 Å². The molecule has 0 aliphatic heterocycles. The number of hydrogen-bond acceptors (Lipinski definition) is 20. The number of aliphatic hydroxyl groups is 2. The number of alkyl carbamates (subject to hydrolysis) is 1. The van der Waals surface area contributed by atoms with E-state index < -0.39 is 12.2 Å². The molecule has 0 bridgehead atoms. The van der Waals surface area contributed by atoms with Crippen molar-refractivity contribution in [1.29, 1.82) is 0 Å². The van der Waals surface area contributed by atoms with Crippen molar-refractivity contribution >= 4 is 119 Å². The summed E-state index contributed by atoms with van der Waals surface area (Å²) in [5.41, 5.74) is 0. The fourth-order valence-corrected chi connectivity index (χ4v) is 7.49. The second-order valence-electron chi connectivity index (χ2n) is 6.69. The molecule has 0 aromatic heterocycles. The maximum atomic E-state index is 11.6. The predicted molar refractivity (Wildman–Crippen MR) is 188 cm³/mol. The lowest BCUT2D eigenvalue weighted by atomic mass is 10.7. The Labute approximate surface area is 287 Å². The van der Waals surface area contributed by atoms with Gasteiger partial charge in [-0.3, -0.25) is 14.7 Å². The Bertz CT molecular complexity index is 696. The molecule has 252 valence electrons. The van der Waals surface area contributed by atoms with Crippen molar-refractivity contribution in [2.45, 2.75) is 0 Å². The molecule has 0 saturated heterocycles. The zero-order chi connectivity index (χ0) is 31.3. The Morgan fingerprint density at radius 3 is 1.98 bits per heavy atom. The molecular weight excluding hydrogens is 725 g/mol. The molecule has 0 spiro atoms. The van der Waals surface area contributed by atoms with Gasteiger partial charge in [0.25, 0.3) is 0 Å². The minimum atomic E-state index is -0.473. The van der Waals surface area contributed by atoms with E-state index in [0.29, 0.717) is 43.7 Å². The summed E-state index contributed by atoms with van der Waals surface area (Å²) in [6.45, 7) is 2.50. The highest BCUT2D eigenvalue weighted by molar-refractivity contribution is 8.16. The third-order valence-corrected chi connectivity index (χ3v) is 11.0. The largest absolute Gasteiger partial charge is 0.448 e. The third kappa shape index (κ3) is 38.2. The van der Waals surface area contributed by atoms with Gasteiger partial charge in [0.2, 0.25) is 12.8 Å². The number of rotatable bonds is 32. The maximum Gasteiger partial charge on any atom is 0.417 e. The lowest BCUT2D eigenvalue weighted by Gasteiger charge is -2.06. The molecule has 22 heteroatoms. The standard InChI is InChI=1S/C21H40N4O10S8/c26-13-41-15-31-20(28)24-3-8-37-17-36-6-1-22-11-33-32-5-10-40-18-39-9-4-30-21(29)25-43-19-38-7-2-23-12-34-35-16-42-14-27/h11-12,26-27H,1-10,13-19H2,(H,24,28)(H,25,29). The molecular formula is C21H40N4O10S8. The van der Waals surface area contributed by atoms with Crippen LogP contribution in [-0.4, -0.2) is 136 Å². The number of nitrogens with zero attached hydrogens (tertiary/aromatic N) is 2. The first-order valence-corrected chi connectivity index (χ1v) is 21.5. The Hall–Kier alpha value is 0.120. The highest BCUT2D eigenvalue weighted by atomic mass is 32.2. The van der Waals surface area contributed by atoms with Gasteiger partial charge in [-0.2, -0.15) is 9.78 Å². The first-order chi connectivity index (χ1) is 21.2. The van der Waals surface area contributed by atoms with Crippen LogP contribution in [0.4, 0.5) is 9.59 Å². The van der Waals surface area contributed by atoms with Crippen molar-refractivity contribution in [3.63, 3.8) is 0 Å². The topological polar surface area (TPSA) is 179 Å². The molecule has 0 unspecified atom stereocenters. The number of ether oxygens (including phenoxy) is 2. The molecule has 0 atom stereocenters. The number of aliphatic imine (C=N–C) groups is 2. The molecule has 2 amide bonds. The van der Waals surface area contributed by atoms with Crippen LogP contribution in [0.2, 0.25) is 0 Å². The molecule has 14 nitrogen and oxygen atoms in total. The van der Waals surface area contributed by atoms with Crippen LogP contribution in [0.3, 0.4) is 0 Å².